The van der Waals surface area contributed by atoms with Gasteiger partial charge >= 0.3 is 0 Å². The first-order valence-corrected chi connectivity index (χ1v) is 12.2. The van der Waals surface area contributed by atoms with Gasteiger partial charge in [-0.2, -0.15) is 5.10 Å². The Bertz CT molecular complexity index is 1010. The topological polar surface area (TPSA) is 134 Å². The monoisotopic (exact) mass is 485 g/mol. The molecule has 4 atom stereocenters. The molecular weight excluding hydrogens is 446 g/mol. The second kappa shape index (κ2) is 10.9. The number of β-amino-alcohol motifs (C(OH)–C–C–N with tert-alkyl or cyclic N) is 1. The fourth-order valence-electron chi connectivity index (χ4n) is 4.33. The van der Waals surface area contributed by atoms with E-state index in [1.807, 2.05) is 69.6 Å². The van der Waals surface area contributed by atoms with E-state index in [1.54, 1.807) is 6.20 Å². The molecule has 0 aliphatic carbocycles. The summed E-state index contributed by atoms with van der Waals surface area (Å²) in [7, 11) is 0. The molecule has 1 aromatic carbocycles. The number of amides is 2. The summed E-state index contributed by atoms with van der Waals surface area (Å²) in [5.41, 5.74) is 8.34. The summed E-state index contributed by atoms with van der Waals surface area (Å²) in [6.45, 7) is 10.0. The van der Waals surface area contributed by atoms with Gasteiger partial charge in [0.05, 0.1) is 31.0 Å². The van der Waals surface area contributed by atoms with E-state index in [4.69, 9.17) is 5.73 Å². The highest BCUT2D eigenvalue weighted by Gasteiger charge is 2.41. The Labute approximate surface area is 207 Å². The first kappa shape index (κ1) is 26.8. The second-order valence-electron chi connectivity index (χ2n) is 10.7. The van der Waals surface area contributed by atoms with Crippen LogP contribution in [-0.4, -0.2) is 67.5 Å². The summed E-state index contributed by atoms with van der Waals surface area (Å²) in [5.74, 6) is -0.647. The van der Waals surface area contributed by atoms with E-state index >= 15 is 0 Å². The molecule has 0 saturated carbocycles. The van der Waals surface area contributed by atoms with E-state index in [2.05, 4.69) is 10.4 Å². The summed E-state index contributed by atoms with van der Waals surface area (Å²) in [5, 5.41) is 27.4. The number of rotatable bonds is 9. The van der Waals surface area contributed by atoms with Crippen molar-refractivity contribution in [2.45, 2.75) is 71.3 Å². The van der Waals surface area contributed by atoms with Crippen LogP contribution >= 0.6 is 0 Å². The molecule has 2 aromatic rings. The molecule has 1 saturated heterocycles. The number of carbonyl (C=O) groups excluding carboxylic acids is 2. The number of nitrogens with two attached hydrogens (primary N) is 1. The maximum Gasteiger partial charge on any atom is 0.243 e. The number of benzene rings is 1. The van der Waals surface area contributed by atoms with Gasteiger partial charge < -0.3 is 26.2 Å². The third-order valence-electron chi connectivity index (χ3n) is 6.64. The minimum absolute atomic E-state index is 0.125. The number of carbonyl (C=O) groups is 2. The van der Waals surface area contributed by atoms with Crippen LogP contribution in [0.3, 0.4) is 0 Å². The Morgan fingerprint density at radius 3 is 2.43 bits per heavy atom. The van der Waals surface area contributed by atoms with Gasteiger partial charge in [0.15, 0.2) is 0 Å². The largest absolute Gasteiger partial charge is 0.394 e. The van der Waals surface area contributed by atoms with Crippen LogP contribution in [0.4, 0.5) is 0 Å². The molecule has 1 aliphatic heterocycles. The quantitative estimate of drug-likeness (QED) is 0.427. The second-order valence-corrected chi connectivity index (χ2v) is 10.7. The lowest BCUT2D eigenvalue weighted by molar-refractivity contribution is -0.142. The highest BCUT2D eigenvalue weighted by molar-refractivity contribution is 5.89. The van der Waals surface area contributed by atoms with Crippen LogP contribution in [0.5, 0.6) is 0 Å². The Balaban J connectivity index is 1.73. The number of likely N-dealkylation sites (tertiary alicyclic amines) is 1. The molecule has 1 aliphatic rings. The van der Waals surface area contributed by atoms with Crippen LogP contribution < -0.4 is 11.1 Å². The van der Waals surface area contributed by atoms with E-state index in [-0.39, 0.29) is 43.2 Å². The SMILES string of the molecule is CC(C)C(C)C(=O)N1CC(O)CC1C(=O)NC(CO)c1ccc(-c2ccnn2CC(C)(C)N)cc1. The van der Waals surface area contributed by atoms with Crippen molar-refractivity contribution in [3.63, 3.8) is 0 Å². The molecule has 5 N–H and O–H groups in total. The molecule has 0 bridgehead atoms. The van der Waals surface area contributed by atoms with Crippen LogP contribution in [0.2, 0.25) is 0 Å². The number of nitrogens with one attached hydrogen (secondary N) is 1. The summed E-state index contributed by atoms with van der Waals surface area (Å²) >= 11 is 0. The van der Waals surface area contributed by atoms with Crippen LogP contribution in [-0.2, 0) is 16.1 Å². The van der Waals surface area contributed by atoms with Gasteiger partial charge in [0.25, 0.3) is 0 Å². The number of hydrogen-bond acceptors (Lipinski definition) is 6. The predicted octanol–water partition coefficient (Wildman–Crippen LogP) is 1.69. The molecule has 35 heavy (non-hydrogen) atoms. The molecule has 9 heteroatoms. The molecule has 0 radical (unpaired) electrons. The van der Waals surface area contributed by atoms with E-state index in [0.29, 0.717) is 6.54 Å². The van der Waals surface area contributed by atoms with Crippen molar-refractivity contribution in [3.8, 4) is 11.3 Å². The van der Waals surface area contributed by atoms with Crippen molar-refractivity contribution in [3.05, 3.63) is 42.1 Å². The molecule has 0 spiro atoms. The van der Waals surface area contributed by atoms with Crippen LogP contribution in [0.1, 0.15) is 52.6 Å². The predicted molar refractivity (Wildman–Crippen MR) is 134 cm³/mol. The molecule has 1 aromatic heterocycles. The molecule has 2 amide bonds. The third kappa shape index (κ3) is 6.48. The molecule has 4 unspecified atom stereocenters. The van der Waals surface area contributed by atoms with Crippen LogP contribution in [0.25, 0.3) is 11.3 Å². The Hall–Kier alpha value is -2.75. The number of hydrogen-bond donors (Lipinski definition) is 4. The van der Waals surface area contributed by atoms with Gasteiger partial charge in [0.1, 0.15) is 6.04 Å². The number of nitrogens with zero attached hydrogens (tertiary/aromatic N) is 3. The number of aliphatic hydroxyl groups excluding tert-OH is 2. The van der Waals surface area contributed by atoms with Crippen molar-refractivity contribution in [1.29, 1.82) is 0 Å². The summed E-state index contributed by atoms with van der Waals surface area (Å²) in [4.78, 5) is 27.5. The third-order valence-corrected chi connectivity index (χ3v) is 6.64. The first-order valence-electron chi connectivity index (χ1n) is 12.2. The molecular formula is C26H39N5O4. The Morgan fingerprint density at radius 2 is 1.86 bits per heavy atom. The number of aliphatic hydroxyl groups is 2. The minimum atomic E-state index is -0.763. The number of aromatic nitrogens is 2. The average Bonchev–Trinajstić information content (AvgIpc) is 3.41. The first-order chi connectivity index (χ1) is 16.4. The minimum Gasteiger partial charge on any atom is -0.394 e. The van der Waals surface area contributed by atoms with E-state index in [0.717, 1.165) is 16.8 Å². The van der Waals surface area contributed by atoms with Crippen LogP contribution in [0.15, 0.2) is 36.5 Å². The zero-order chi connectivity index (χ0) is 25.9. The van der Waals surface area contributed by atoms with E-state index < -0.39 is 23.7 Å². The van der Waals surface area contributed by atoms with Gasteiger partial charge in [-0.25, -0.2) is 0 Å². The van der Waals surface area contributed by atoms with Crippen molar-refractivity contribution in [2.75, 3.05) is 13.2 Å². The van der Waals surface area contributed by atoms with Gasteiger partial charge in [-0.3, -0.25) is 14.3 Å². The lowest BCUT2D eigenvalue weighted by Crippen LogP contribution is -2.49. The maximum absolute atomic E-state index is 13.1. The normalized spacial score (nSPS) is 20.2. The van der Waals surface area contributed by atoms with Crippen molar-refractivity contribution < 1.29 is 19.8 Å². The molecule has 3 rings (SSSR count). The lowest BCUT2D eigenvalue weighted by atomic mass is 9.96. The van der Waals surface area contributed by atoms with Gasteiger partial charge in [0, 0.05) is 30.6 Å². The lowest BCUT2D eigenvalue weighted by Gasteiger charge is -2.29. The van der Waals surface area contributed by atoms with Crippen LogP contribution in [0, 0.1) is 11.8 Å². The summed E-state index contributed by atoms with van der Waals surface area (Å²) in [6, 6.07) is 8.06. The van der Waals surface area contributed by atoms with Gasteiger partial charge in [0.2, 0.25) is 11.8 Å². The summed E-state index contributed by atoms with van der Waals surface area (Å²) in [6.07, 6.45) is 1.17. The zero-order valence-corrected chi connectivity index (χ0v) is 21.3. The molecule has 1 fully saturated rings. The van der Waals surface area contributed by atoms with Gasteiger partial charge in [-0.15, -0.1) is 0 Å². The van der Waals surface area contributed by atoms with Crippen molar-refractivity contribution >= 4 is 11.8 Å². The average molecular weight is 486 g/mol. The van der Waals surface area contributed by atoms with E-state index in [1.165, 1.54) is 4.90 Å². The Morgan fingerprint density at radius 1 is 1.20 bits per heavy atom. The molecule has 192 valence electrons. The zero-order valence-electron chi connectivity index (χ0n) is 21.3. The Kier molecular flexibility index (Phi) is 8.35. The smallest absolute Gasteiger partial charge is 0.243 e. The molecule has 2 heterocycles. The van der Waals surface area contributed by atoms with E-state index in [9.17, 15) is 19.8 Å². The van der Waals surface area contributed by atoms with Crippen molar-refractivity contribution in [1.82, 2.24) is 20.0 Å². The standard InChI is InChI=1S/C26H39N5O4/c1-16(2)17(3)25(35)30-13-20(33)12-23(30)24(34)29-21(14-32)18-6-8-19(9-7-18)22-10-11-28-31(22)15-26(4,5)27/h6-11,16-17,20-21,23,32-33H,12-15,27H2,1-5H3,(H,29,34). The maximum atomic E-state index is 13.1. The van der Waals surface area contributed by atoms with Gasteiger partial charge in [-0.1, -0.05) is 45.0 Å². The fourth-order valence-corrected chi connectivity index (χ4v) is 4.33. The van der Waals surface area contributed by atoms with Crippen molar-refractivity contribution in [2.24, 2.45) is 17.6 Å². The highest BCUT2D eigenvalue weighted by atomic mass is 16.3. The molecule has 9 nitrogen and oxygen atoms in total. The fraction of sp³-hybridized carbons (Fsp3) is 0.577. The highest BCUT2D eigenvalue weighted by Crippen LogP contribution is 2.26. The summed E-state index contributed by atoms with van der Waals surface area (Å²) < 4.78 is 1.86. The van der Waals surface area contributed by atoms with Gasteiger partial charge in [-0.05, 0) is 37.0 Å².